The van der Waals surface area contributed by atoms with Crippen molar-refractivity contribution in [3.8, 4) is 0 Å². The number of hydrogen-bond donors (Lipinski definition) is 2. The molecule has 0 aromatic rings. The molecular formula is C57H109N2O6P. The highest BCUT2D eigenvalue weighted by molar-refractivity contribution is 7.45. The van der Waals surface area contributed by atoms with Crippen molar-refractivity contribution in [1.29, 1.82) is 0 Å². The maximum Gasteiger partial charge on any atom is 0.268 e. The third kappa shape index (κ3) is 50.3. The summed E-state index contributed by atoms with van der Waals surface area (Å²) in [5.41, 5.74) is 0. The Morgan fingerprint density at radius 1 is 0.545 bits per heavy atom. The molecule has 0 radical (unpaired) electrons. The van der Waals surface area contributed by atoms with Gasteiger partial charge in [0.25, 0.3) is 7.82 Å². The number of carbonyl (C=O) groups excluding carboxylic acids is 1. The lowest BCUT2D eigenvalue weighted by Crippen LogP contribution is -2.45. The van der Waals surface area contributed by atoms with E-state index in [-0.39, 0.29) is 12.5 Å². The van der Waals surface area contributed by atoms with Gasteiger partial charge < -0.3 is 28.8 Å². The molecule has 0 aromatic heterocycles. The molecule has 0 rings (SSSR count). The van der Waals surface area contributed by atoms with Crippen molar-refractivity contribution in [2.24, 2.45) is 0 Å². The topological polar surface area (TPSA) is 108 Å². The van der Waals surface area contributed by atoms with Gasteiger partial charge in [0.15, 0.2) is 0 Å². The summed E-state index contributed by atoms with van der Waals surface area (Å²) >= 11 is 0. The summed E-state index contributed by atoms with van der Waals surface area (Å²) in [5, 5.41) is 13.8. The second-order valence-electron chi connectivity index (χ2n) is 20.3. The highest BCUT2D eigenvalue weighted by atomic mass is 31.2. The number of likely N-dealkylation sites (N-methyl/N-ethyl adjacent to an activating group) is 1. The zero-order chi connectivity index (χ0) is 48.5. The largest absolute Gasteiger partial charge is 0.756 e. The molecule has 3 unspecified atom stereocenters. The first-order valence-electron chi connectivity index (χ1n) is 28.0. The summed E-state index contributed by atoms with van der Waals surface area (Å²) in [6.07, 6.45) is 63.5. The molecule has 388 valence electrons. The first-order chi connectivity index (χ1) is 32.0. The van der Waals surface area contributed by atoms with Crippen LogP contribution in [0, 0.1) is 0 Å². The number of nitrogens with zero attached hydrogens (tertiary/aromatic N) is 1. The van der Waals surface area contributed by atoms with E-state index in [1.807, 2.05) is 27.2 Å². The van der Waals surface area contributed by atoms with Gasteiger partial charge in [-0.15, -0.1) is 0 Å². The van der Waals surface area contributed by atoms with Crippen LogP contribution in [0.4, 0.5) is 0 Å². The van der Waals surface area contributed by atoms with E-state index in [1.165, 1.54) is 173 Å². The van der Waals surface area contributed by atoms with Crippen LogP contribution in [0.25, 0.3) is 0 Å². The molecule has 0 aliphatic rings. The number of hydrogen-bond acceptors (Lipinski definition) is 6. The molecule has 3 atom stereocenters. The van der Waals surface area contributed by atoms with Gasteiger partial charge in [-0.2, -0.15) is 0 Å². The average molecular weight is 949 g/mol. The molecule has 0 fully saturated rings. The molecule has 2 N–H and O–H groups in total. The fraction of sp³-hybridized carbons (Fsp3) is 0.842. The Labute approximate surface area is 409 Å². The standard InChI is InChI=1S/C57H109N2O6P/c1-6-8-10-12-14-16-18-20-21-22-23-24-25-26-27-28-29-30-31-32-33-34-35-36-37-39-40-42-44-46-48-50-56(60)55(54-65-66(62,63)64-53-52-59(3,4)5)58-57(61)51-49-47-45-43-41-38-19-17-15-13-11-9-7-2/h9,11,15,17,38,41,48,50,55-56,60H,6-8,10,12-14,16,18-37,39-40,42-47,49,51-54H2,1-5H3,(H-,58,61,62,63)/b11-9-,17-15-,41-38-,50-48+. The minimum Gasteiger partial charge on any atom is -0.756 e. The highest BCUT2D eigenvalue weighted by Crippen LogP contribution is 2.38. The van der Waals surface area contributed by atoms with E-state index < -0.39 is 26.6 Å². The lowest BCUT2D eigenvalue weighted by molar-refractivity contribution is -0.870. The van der Waals surface area contributed by atoms with Gasteiger partial charge in [0, 0.05) is 6.42 Å². The number of quaternary nitrogens is 1. The molecule has 66 heavy (non-hydrogen) atoms. The Hall–Kier alpha value is -1.54. The van der Waals surface area contributed by atoms with Crippen molar-refractivity contribution < 1.29 is 32.9 Å². The Balaban J connectivity index is 4.09. The van der Waals surface area contributed by atoms with Crippen LogP contribution in [0.5, 0.6) is 0 Å². The average Bonchev–Trinajstić information content (AvgIpc) is 3.28. The van der Waals surface area contributed by atoms with Crippen LogP contribution in [-0.2, 0) is 18.4 Å². The Morgan fingerprint density at radius 3 is 1.35 bits per heavy atom. The molecule has 0 saturated heterocycles. The smallest absolute Gasteiger partial charge is 0.268 e. The molecule has 9 heteroatoms. The third-order valence-electron chi connectivity index (χ3n) is 12.5. The molecule has 1 amide bonds. The monoisotopic (exact) mass is 949 g/mol. The molecule has 8 nitrogen and oxygen atoms in total. The second kappa shape index (κ2) is 48.5. The van der Waals surface area contributed by atoms with Gasteiger partial charge in [0.1, 0.15) is 13.2 Å². The molecule has 0 aromatic carbocycles. The van der Waals surface area contributed by atoms with Crippen molar-refractivity contribution in [1.82, 2.24) is 5.32 Å². The van der Waals surface area contributed by atoms with Crippen LogP contribution in [-0.4, -0.2) is 68.5 Å². The van der Waals surface area contributed by atoms with Crippen LogP contribution in [0.2, 0.25) is 0 Å². The summed E-state index contributed by atoms with van der Waals surface area (Å²) in [4.78, 5) is 25.4. The van der Waals surface area contributed by atoms with E-state index in [1.54, 1.807) is 6.08 Å². The van der Waals surface area contributed by atoms with E-state index in [9.17, 15) is 19.4 Å². The fourth-order valence-electron chi connectivity index (χ4n) is 8.17. The second-order valence-corrected chi connectivity index (χ2v) is 21.7. The Bertz CT molecular complexity index is 1210. The van der Waals surface area contributed by atoms with E-state index >= 15 is 0 Å². The minimum atomic E-state index is -4.60. The number of phosphoric ester groups is 1. The van der Waals surface area contributed by atoms with Gasteiger partial charge in [0.2, 0.25) is 5.91 Å². The van der Waals surface area contributed by atoms with Crippen molar-refractivity contribution in [2.45, 2.75) is 270 Å². The number of carbonyl (C=O) groups is 1. The maximum atomic E-state index is 12.9. The molecule has 0 bridgehead atoms. The summed E-state index contributed by atoms with van der Waals surface area (Å²) in [5.74, 6) is -0.226. The van der Waals surface area contributed by atoms with Crippen molar-refractivity contribution in [2.75, 3.05) is 40.9 Å². The molecule has 0 spiro atoms. The van der Waals surface area contributed by atoms with Gasteiger partial charge in [-0.05, 0) is 51.4 Å². The van der Waals surface area contributed by atoms with Crippen LogP contribution < -0.4 is 10.2 Å². The molecule has 0 aliphatic heterocycles. The normalized spacial score (nSPS) is 14.3. The van der Waals surface area contributed by atoms with Gasteiger partial charge in [-0.25, -0.2) is 0 Å². The SMILES string of the molecule is CC/C=C\C/C=C\C/C=C\CCCCCC(=O)NC(COP(=O)([O-])OCC[N+](C)(C)C)C(O)/C=C/CCCCCCCCCCCCCCCCCCCCCCCCCCCCCCC. The Morgan fingerprint density at radius 2 is 0.924 bits per heavy atom. The van der Waals surface area contributed by atoms with Gasteiger partial charge in [-0.3, -0.25) is 9.36 Å². The van der Waals surface area contributed by atoms with E-state index in [0.717, 1.165) is 64.2 Å². The molecule has 0 aliphatic carbocycles. The highest BCUT2D eigenvalue weighted by Gasteiger charge is 2.23. The number of allylic oxidation sites excluding steroid dienone is 7. The zero-order valence-electron chi connectivity index (χ0n) is 44.1. The predicted octanol–water partition coefficient (Wildman–Crippen LogP) is 16.1. The van der Waals surface area contributed by atoms with Gasteiger partial charge >= 0.3 is 0 Å². The summed E-state index contributed by atoms with van der Waals surface area (Å²) in [7, 11) is 1.24. The van der Waals surface area contributed by atoms with Crippen molar-refractivity contribution in [3.63, 3.8) is 0 Å². The Kier molecular flexibility index (Phi) is 47.4. The lowest BCUT2D eigenvalue weighted by Gasteiger charge is -2.29. The minimum absolute atomic E-state index is 0.00796. The first kappa shape index (κ1) is 64.5. The first-order valence-corrected chi connectivity index (χ1v) is 29.5. The number of unbranched alkanes of at least 4 members (excludes halogenated alkanes) is 32. The van der Waals surface area contributed by atoms with Gasteiger partial charge in [0.05, 0.1) is 39.9 Å². The van der Waals surface area contributed by atoms with E-state index in [0.29, 0.717) is 17.4 Å². The zero-order valence-corrected chi connectivity index (χ0v) is 45.0. The number of aliphatic hydroxyl groups is 1. The summed E-state index contributed by atoms with van der Waals surface area (Å²) < 4.78 is 23.3. The van der Waals surface area contributed by atoms with Gasteiger partial charge in [-0.1, -0.05) is 249 Å². The van der Waals surface area contributed by atoms with Crippen LogP contribution >= 0.6 is 7.82 Å². The molecule has 0 saturated carbocycles. The quantitative estimate of drug-likeness (QED) is 0.0272. The lowest BCUT2D eigenvalue weighted by atomic mass is 10.0. The number of rotatable bonds is 51. The fourth-order valence-corrected chi connectivity index (χ4v) is 8.89. The van der Waals surface area contributed by atoms with Crippen LogP contribution in [0.3, 0.4) is 0 Å². The molecular weight excluding hydrogens is 840 g/mol. The number of amides is 1. The van der Waals surface area contributed by atoms with E-state index in [4.69, 9.17) is 9.05 Å². The number of aliphatic hydroxyl groups excluding tert-OH is 1. The van der Waals surface area contributed by atoms with E-state index in [2.05, 4.69) is 55.6 Å². The summed E-state index contributed by atoms with van der Waals surface area (Å²) in [6, 6.07) is -0.903. The van der Waals surface area contributed by atoms with Crippen LogP contribution in [0.15, 0.2) is 48.6 Å². The van der Waals surface area contributed by atoms with Crippen molar-refractivity contribution in [3.05, 3.63) is 48.6 Å². The summed E-state index contributed by atoms with van der Waals surface area (Å²) in [6.45, 7) is 4.52. The van der Waals surface area contributed by atoms with Crippen LogP contribution in [0.1, 0.15) is 258 Å². The third-order valence-corrected chi connectivity index (χ3v) is 13.5. The number of nitrogens with one attached hydrogen (secondary N) is 1. The van der Waals surface area contributed by atoms with Crippen molar-refractivity contribution >= 4 is 13.7 Å². The number of phosphoric acid groups is 1. The molecule has 0 heterocycles. The maximum absolute atomic E-state index is 12.9. The predicted molar refractivity (Wildman–Crippen MR) is 284 cm³/mol.